The Morgan fingerprint density at radius 3 is 2.10 bits per heavy atom. The lowest BCUT2D eigenvalue weighted by Crippen LogP contribution is -2.14. The smallest absolute Gasteiger partial charge is 0.257 e. The summed E-state index contributed by atoms with van der Waals surface area (Å²) in [5, 5.41) is 2.83. The number of carbonyl (C=O) groups is 1. The minimum Gasteiger partial charge on any atom is -0.398 e. The highest BCUT2D eigenvalue weighted by Crippen LogP contribution is 2.35. The SMILES string of the molecule is Nc1cc(Br)ccc1C(=O)Nc1c(Br)cc(Br)cc1Br. The third-order valence-corrected chi connectivity index (χ3v) is 4.71. The summed E-state index contributed by atoms with van der Waals surface area (Å²) in [7, 11) is 0. The van der Waals surface area contributed by atoms with E-state index in [0.29, 0.717) is 16.9 Å². The summed E-state index contributed by atoms with van der Waals surface area (Å²) in [5.74, 6) is -0.265. The highest BCUT2D eigenvalue weighted by Gasteiger charge is 2.14. The van der Waals surface area contributed by atoms with Crippen LogP contribution in [0.2, 0.25) is 0 Å². The Bertz CT molecular complexity index is 665. The fourth-order valence-corrected chi connectivity index (χ4v) is 4.42. The van der Waals surface area contributed by atoms with E-state index in [1.807, 2.05) is 12.1 Å². The first kappa shape index (κ1) is 16.0. The topological polar surface area (TPSA) is 55.1 Å². The van der Waals surface area contributed by atoms with Gasteiger partial charge in [-0.2, -0.15) is 0 Å². The molecule has 0 radical (unpaired) electrons. The zero-order chi connectivity index (χ0) is 14.9. The number of nitrogens with one attached hydrogen (secondary N) is 1. The number of amides is 1. The molecule has 2 rings (SSSR count). The monoisotopic (exact) mass is 524 g/mol. The second-order valence-electron chi connectivity index (χ2n) is 3.93. The maximum atomic E-state index is 12.3. The van der Waals surface area contributed by atoms with Gasteiger partial charge in [0.2, 0.25) is 0 Å². The van der Waals surface area contributed by atoms with Crippen molar-refractivity contribution >= 4 is 81.0 Å². The second-order valence-corrected chi connectivity index (χ2v) is 7.47. The lowest BCUT2D eigenvalue weighted by Gasteiger charge is -2.11. The van der Waals surface area contributed by atoms with Crippen molar-refractivity contribution in [1.82, 2.24) is 0 Å². The third-order valence-electron chi connectivity index (χ3n) is 2.50. The molecule has 2 aromatic rings. The molecule has 0 atom stereocenters. The van der Waals surface area contributed by atoms with Gasteiger partial charge in [0.1, 0.15) is 0 Å². The van der Waals surface area contributed by atoms with Gasteiger partial charge in [-0.05, 0) is 62.2 Å². The fourth-order valence-electron chi connectivity index (χ4n) is 1.58. The fraction of sp³-hybridized carbons (Fsp3) is 0. The minimum absolute atomic E-state index is 0.265. The number of benzene rings is 2. The van der Waals surface area contributed by atoms with Crippen LogP contribution in [0.1, 0.15) is 10.4 Å². The summed E-state index contributed by atoms with van der Waals surface area (Å²) in [6.45, 7) is 0. The van der Waals surface area contributed by atoms with Crippen LogP contribution in [-0.2, 0) is 0 Å². The molecule has 0 saturated carbocycles. The Hall–Kier alpha value is -0.370. The molecule has 0 aromatic heterocycles. The molecule has 3 nitrogen and oxygen atoms in total. The van der Waals surface area contributed by atoms with Gasteiger partial charge in [0.25, 0.3) is 5.91 Å². The van der Waals surface area contributed by atoms with E-state index in [1.165, 1.54) is 0 Å². The third kappa shape index (κ3) is 3.63. The van der Waals surface area contributed by atoms with Crippen molar-refractivity contribution < 1.29 is 4.79 Å². The van der Waals surface area contributed by atoms with Crippen LogP contribution in [0.4, 0.5) is 11.4 Å². The number of anilines is 2. The molecule has 0 unspecified atom stereocenters. The average molecular weight is 528 g/mol. The van der Waals surface area contributed by atoms with Gasteiger partial charge in [-0.1, -0.05) is 31.9 Å². The first-order valence-corrected chi connectivity index (χ1v) is 8.56. The summed E-state index contributed by atoms with van der Waals surface area (Å²) >= 11 is 13.5. The molecule has 2 aromatic carbocycles. The van der Waals surface area contributed by atoms with E-state index >= 15 is 0 Å². The van der Waals surface area contributed by atoms with Gasteiger partial charge < -0.3 is 11.1 Å². The summed E-state index contributed by atoms with van der Waals surface area (Å²) < 4.78 is 3.26. The predicted octanol–water partition coefficient (Wildman–Crippen LogP) is 5.57. The predicted molar refractivity (Wildman–Crippen MR) is 96.0 cm³/mol. The molecular formula is C13H8Br4N2O. The van der Waals surface area contributed by atoms with Crippen molar-refractivity contribution in [3.63, 3.8) is 0 Å². The molecule has 7 heteroatoms. The lowest BCUT2D eigenvalue weighted by molar-refractivity contribution is 0.102. The maximum Gasteiger partial charge on any atom is 0.257 e. The second kappa shape index (κ2) is 6.60. The molecule has 0 aliphatic carbocycles. The number of rotatable bonds is 2. The highest BCUT2D eigenvalue weighted by atomic mass is 79.9. The van der Waals surface area contributed by atoms with Crippen molar-refractivity contribution in [2.45, 2.75) is 0 Å². The van der Waals surface area contributed by atoms with Gasteiger partial charge in [-0.15, -0.1) is 0 Å². The van der Waals surface area contributed by atoms with Crippen LogP contribution in [0.3, 0.4) is 0 Å². The van der Waals surface area contributed by atoms with E-state index in [0.717, 1.165) is 17.9 Å². The van der Waals surface area contributed by atoms with Gasteiger partial charge in [-0.3, -0.25) is 4.79 Å². The Morgan fingerprint density at radius 2 is 1.55 bits per heavy atom. The van der Waals surface area contributed by atoms with Crippen molar-refractivity contribution in [1.29, 1.82) is 0 Å². The molecule has 0 saturated heterocycles. The zero-order valence-corrected chi connectivity index (χ0v) is 16.2. The van der Waals surface area contributed by atoms with Gasteiger partial charge >= 0.3 is 0 Å². The molecule has 0 fully saturated rings. The highest BCUT2D eigenvalue weighted by molar-refractivity contribution is 9.11. The molecule has 0 heterocycles. The lowest BCUT2D eigenvalue weighted by atomic mass is 10.1. The standard InChI is InChI=1S/C13H8Br4N2O/c14-6-1-2-8(11(18)5-6)13(20)19-12-9(16)3-7(15)4-10(12)17/h1-5H,18H2,(H,19,20). The number of hydrogen-bond donors (Lipinski definition) is 2. The Kier molecular flexibility index (Phi) is 5.28. The van der Waals surface area contributed by atoms with E-state index in [-0.39, 0.29) is 5.91 Å². The van der Waals surface area contributed by atoms with Crippen LogP contribution in [0.15, 0.2) is 48.2 Å². The molecule has 0 bridgehead atoms. The van der Waals surface area contributed by atoms with E-state index in [1.54, 1.807) is 18.2 Å². The van der Waals surface area contributed by atoms with Gasteiger partial charge in [0.05, 0.1) is 11.3 Å². The van der Waals surface area contributed by atoms with Crippen LogP contribution in [0.25, 0.3) is 0 Å². The van der Waals surface area contributed by atoms with E-state index in [2.05, 4.69) is 69.0 Å². The van der Waals surface area contributed by atoms with E-state index in [4.69, 9.17) is 5.73 Å². The van der Waals surface area contributed by atoms with E-state index < -0.39 is 0 Å². The average Bonchev–Trinajstić information content (AvgIpc) is 2.33. The summed E-state index contributed by atoms with van der Waals surface area (Å²) in [6, 6.07) is 8.85. The molecule has 1 amide bonds. The van der Waals surface area contributed by atoms with Gasteiger partial charge in [0.15, 0.2) is 0 Å². The Morgan fingerprint density at radius 1 is 0.950 bits per heavy atom. The van der Waals surface area contributed by atoms with Crippen LogP contribution in [-0.4, -0.2) is 5.91 Å². The molecular weight excluding hydrogens is 520 g/mol. The molecule has 3 N–H and O–H groups in total. The van der Waals surface area contributed by atoms with Crippen molar-refractivity contribution in [3.05, 3.63) is 53.8 Å². The quantitative estimate of drug-likeness (QED) is 0.502. The minimum atomic E-state index is -0.265. The normalized spacial score (nSPS) is 10.4. The molecule has 0 spiro atoms. The molecule has 0 aliphatic heterocycles. The first-order chi connectivity index (χ1) is 9.38. The summed E-state index contributed by atoms with van der Waals surface area (Å²) in [4.78, 5) is 12.3. The van der Waals surface area contributed by atoms with Crippen LogP contribution in [0.5, 0.6) is 0 Å². The number of nitrogen functional groups attached to an aromatic ring is 1. The Balaban J connectivity index is 2.33. The number of nitrogens with two attached hydrogens (primary N) is 1. The number of halogens is 4. The van der Waals surface area contributed by atoms with E-state index in [9.17, 15) is 4.79 Å². The molecule has 20 heavy (non-hydrogen) atoms. The largest absolute Gasteiger partial charge is 0.398 e. The molecule has 0 aliphatic rings. The van der Waals surface area contributed by atoms with Gasteiger partial charge in [0, 0.05) is 23.6 Å². The number of hydrogen-bond acceptors (Lipinski definition) is 2. The maximum absolute atomic E-state index is 12.3. The number of carbonyl (C=O) groups excluding carboxylic acids is 1. The summed E-state index contributed by atoms with van der Waals surface area (Å²) in [5.41, 5.74) is 7.35. The van der Waals surface area contributed by atoms with Crippen molar-refractivity contribution in [2.75, 3.05) is 11.1 Å². The van der Waals surface area contributed by atoms with Crippen LogP contribution >= 0.6 is 63.7 Å². The van der Waals surface area contributed by atoms with Crippen molar-refractivity contribution in [3.8, 4) is 0 Å². The van der Waals surface area contributed by atoms with Gasteiger partial charge in [-0.25, -0.2) is 0 Å². The van der Waals surface area contributed by atoms with Crippen LogP contribution in [0, 0.1) is 0 Å². The van der Waals surface area contributed by atoms with Crippen LogP contribution < -0.4 is 11.1 Å². The first-order valence-electron chi connectivity index (χ1n) is 5.39. The Labute approximate surface area is 149 Å². The summed E-state index contributed by atoms with van der Waals surface area (Å²) in [6.07, 6.45) is 0. The zero-order valence-electron chi connectivity index (χ0n) is 9.88. The molecule has 104 valence electrons. The van der Waals surface area contributed by atoms with Crippen molar-refractivity contribution in [2.24, 2.45) is 0 Å².